The molecular formula is C47H91NO4. The topological polar surface area (TPSA) is 89.8 Å². The third-order valence-electron chi connectivity index (χ3n) is 10.8. The fraction of sp³-hybridized carbons (Fsp3) is 0.894. The van der Waals surface area contributed by atoms with E-state index in [-0.39, 0.29) is 6.61 Å². The number of hydrogen-bond donors (Lipinski definition) is 4. The Balaban J connectivity index is 3.61. The van der Waals surface area contributed by atoms with Crippen LogP contribution in [-0.2, 0) is 4.79 Å². The zero-order valence-corrected chi connectivity index (χ0v) is 35.0. The molecule has 52 heavy (non-hydrogen) atoms. The van der Waals surface area contributed by atoms with Gasteiger partial charge in [0.2, 0.25) is 5.91 Å². The summed E-state index contributed by atoms with van der Waals surface area (Å²) in [7, 11) is 0. The van der Waals surface area contributed by atoms with E-state index in [1.807, 2.05) is 0 Å². The van der Waals surface area contributed by atoms with Crippen molar-refractivity contribution in [2.24, 2.45) is 0 Å². The highest BCUT2D eigenvalue weighted by molar-refractivity contribution is 5.80. The maximum Gasteiger partial charge on any atom is 0.249 e. The van der Waals surface area contributed by atoms with Crippen molar-refractivity contribution in [3.8, 4) is 0 Å². The highest BCUT2D eigenvalue weighted by Crippen LogP contribution is 2.16. The second-order valence-corrected chi connectivity index (χ2v) is 16.0. The fourth-order valence-corrected chi connectivity index (χ4v) is 7.16. The lowest BCUT2D eigenvalue weighted by atomic mass is 10.0. The van der Waals surface area contributed by atoms with Crippen LogP contribution in [0.1, 0.15) is 245 Å². The Labute approximate surface area is 324 Å². The molecule has 0 aliphatic carbocycles. The maximum atomic E-state index is 12.5. The van der Waals surface area contributed by atoms with Gasteiger partial charge in [0.1, 0.15) is 6.10 Å². The van der Waals surface area contributed by atoms with E-state index in [4.69, 9.17) is 0 Å². The lowest BCUT2D eigenvalue weighted by Crippen LogP contribution is -2.49. The van der Waals surface area contributed by atoms with Gasteiger partial charge < -0.3 is 20.6 Å². The smallest absolute Gasteiger partial charge is 0.249 e. The highest BCUT2D eigenvalue weighted by atomic mass is 16.3. The number of carbonyl (C=O) groups is 1. The average Bonchev–Trinajstić information content (AvgIpc) is 3.15. The first-order valence-corrected chi connectivity index (χ1v) is 23.1. The van der Waals surface area contributed by atoms with Crippen LogP contribution in [0.15, 0.2) is 24.3 Å². The minimum atomic E-state index is -1.08. The summed E-state index contributed by atoms with van der Waals surface area (Å²) in [5.41, 5.74) is 0. The number of allylic oxidation sites excluding steroid dienone is 4. The Kier molecular flexibility index (Phi) is 41.6. The molecule has 0 spiro atoms. The number of nitrogens with one attached hydrogen (secondary N) is 1. The first-order valence-electron chi connectivity index (χ1n) is 23.1. The van der Waals surface area contributed by atoms with E-state index in [1.54, 1.807) is 0 Å². The lowest BCUT2D eigenvalue weighted by Gasteiger charge is -2.23. The summed E-state index contributed by atoms with van der Waals surface area (Å²) in [6, 6.07) is -0.712. The SMILES string of the molecule is CCCCCCCCCCC/C=C\C/C=C\CCCCCCCCCCC(O)C(=O)NC(CO)C(O)CCCCCCCCCCCCCCCC. The van der Waals surface area contributed by atoms with Crippen LogP contribution in [0.2, 0.25) is 0 Å². The van der Waals surface area contributed by atoms with Crippen molar-refractivity contribution in [3.05, 3.63) is 24.3 Å². The summed E-state index contributed by atoms with van der Waals surface area (Å²) in [5.74, 6) is -0.474. The molecule has 5 nitrogen and oxygen atoms in total. The van der Waals surface area contributed by atoms with Crippen molar-refractivity contribution < 1.29 is 20.1 Å². The molecule has 0 saturated heterocycles. The molecule has 3 atom stereocenters. The van der Waals surface area contributed by atoms with Gasteiger partial charge in [0, 0.05) is 0 Å². The molecule has 0 aliphatic heterocycles. The molecule has 0 rings (SSSR count). The van der Waals surface area contributed by atoms with Gasteiger partial charge in [-0.15, -0.1) is 0 Å². The number of amides is 1. The number of aliphatic hydroxyl groups is 3. The van der Waals surface area contributed by atoms with E-state index in [9.17, 15) is 20.1 Å². The zero-order valence-electron chi connectivity index (χ0n) is 35.0. The van der Waals surface area contributed by atoms with Gasteiger partial charge in [-0.1, -0.05) is 224 Å². The molecule has 0 bridgehead atoms. The van der Waals surface area contributed by atoms with Crippen LogP contribution < -0.4 is 5.32 Å². The quantitative estimate of drug-likeness (QED) is 0.0371. The fourth-order valence-electron chi connectivity index (χ4n) is 7.16. The predicted molar refractivity (Wildman–Crippen MR) is 227 cm³/mol. The number of aliphatic hydroxyl groups excluding tert-OH is 3. The number of unbranched alkanes of at least 4 members (excludes halogenated alkanes) is 30. The summed E-state index contributed by atoms with van der Waals surface area (Å²) in [4.78, 5) is 12.5. The van der Waals surface area contributed by atoms with Crippen molar-refractivity contribution in [3.63, 3.8) is 0 Å². The van der Waals surface area contributed by atoms with Crippen LogP contribution in [-0.4, -0.2) is 46.1 Å². The van der Waals surface area contributed by atoms with Gasteiger partial charge in [-0.3, -0.25) is 4.79 Å². The number of carbonyl (C=O) groups excluding carboxylic acids is 1. The Morgan fingerprint density at radius 3 is 1.15 bits per heavy atom. The largest absolute Gasteiger partial charge is 0.394 e. The van der Waals surface area contributed by atoms with Crippen LogP contribution in [0.5, 0.6) is 0 Å². The van der Waals surface area contributed by atoms with Crippen molar-refractivity contribution >= 4 is 5.91 Å². The molecular weight excluding hydrogens is 643 g/mol. The Bertz CT molecular complexity index is 768. The summed E-state index contributed by atoms with van der Waals surface area (Å²) in [6.07, 6.45) is 51.8. The molecule has 0 aromatic rings. The van der Waals surface area contributed by atoms with Crippen molar-refractivity contribution in [1.82, 2.24) is 5.32 Å². The van der Waals surface area contributed by atoms with Crippen molar-refractivity contribution in [2.75, 3.05) is 6.61 Å². The normalized spacial score (nSPS) is 13.7. The third-order valence-corrected chi connectivity index (χ3v) is 10.8. The van der Waals surface area contributed by atoms with Gasteiger partial charge in [0.25, 0.3) is 0 Å². The molecule has 4 N–H and O–H groups in total. The first-order chi connectivity index (χ1) is 25.6. The molecule has 0 fully saturated rings. The summed E-state index contributed by atoms with van der Waals surface area (Å²) in [5, 5.41) is 33.3. The highest BCUT2D eigenvalue weighted by Gasteiger charge is 2.23. The maximum absolute atomic E-state index is 12.5. The Morgan fingerprint density at radius 2 is 0.788 bits per heavy atom. The van der Waals surface area contributed by atoms with E-state index >= 15 is 0 Å². The van der Waals surface area contributed by atoms with Gasteiger partial charge in [0.15, 0.2) is 0 Å². The van der Waals surface area contributed by atoms with Gasteiger partial charge >= 0.3 is 0 Å². The predicted octanol–water partition coefficient (Wildman–Crippen LogP) is 13.4. The second-order valence-electron chi connectivity index (χ2n) is 16.0. The molecule has 0 radical (unpaired) electrons. The minimum absolute atomic E-state index is 0.314. The van der Waals surface area contributed by atoms with E-state index in [1.165, 1.54) is 180 Å². The monoisotopic (exact) mass is 734 g/mol. The molecule has 0 saturated carbocycles. The Hall–Kier alpha value is -1.17. The zero-order chi connectivity index (χ0) is 38.0. The van der Waals surface area contributed by atoms with Gasteiger partial charge in [-0.25, -0.2) is 0 Å². The molecule has 1 amide bonds. The van der Waals surface area contributed by atoms with Gasteiger partial charge in [-0.05, 0) is 44.9 Å². The molecule has 0 aromatic heterocycles. The average molecular weight is 734 g/mol. The molecule has 0 heterocycles. The Morgan fingerprint density at radius 1 is 0.462 bits per heavy atom. The third kappa shape index (κ3) is 37.2. The molecule has 3 unspecified atom stereocenters. The number of hydrogen-bond acceptors (Lipinski definition) is 4. The molecule has 0 aliphatic rings. The summed E-state index contributed by atoms with van der Waals surface area (Å²) < 4.78 is 0. The van der Waals surface area contributed by atoms with E-state index in [2.05, 4.69) is 43.5 Å². The van der Waals surface area contributed by atoms with Crippen LogP contribution in [0.4, 0.5) is 0 Å². The van der Waals surface area contributed by atoms with Crippen LogP contribution in [0, 0.1) is 0 Å². The van der Waals surface area contributed by atoms with Crippen LogP contribution in [0.3, 0.4) is 0 Å². The summed E-state index contributed by atoms with van der Waals surface area (Å²) >= 11 is 0. The van der Waals surface area contributed by atoms with Crippen LogP contribution in [0.25, 0.3) is 0 Å². The van der Waals surface area contributed by atoms with E-state index < -0.39 is 24.2 Å². The van der Waals surface area contributed by atoms with Gasteiger partial charge in [0.05, 0.1) is 18.8 Å². The van der Waals surface area contributed by atoms with Crippen molar-refractivity contribution in [1.29, 1.82) is 0 Å². The number of rotatable bonds is 42. The molecule has 5 heteroatoms. The van der Waals surface area contributed by atoms with Crippen LogP contribution >= 0.6 is 0 Å². The standard InChI is InChI=1S/C47H91NO4/c1-3-5-7-9-11-13-15-17-19-20-21-22-23-24-25-26-27-28-30-32-34-36-38-40-42-46(51)47(52)48-44(43-49)45(50)41-39-37-35-33-31-29-18-16-14-12-10-8-6-4-2/h21-22,24-25,44-46,49-51H,3-20,23,26-43H2,1-2H3,(H,48,52)/b22-21-,25-24-. The van der Waals surface area contributed by atoms with E-state index in [0.717, 1.165) is 38.5 Å². The molecule has 0 aromatic carbocycles. The first kappa shape index (κ1) is 50.8. The minimum Gasteiger partial charge on any atom is -0.394 e. The summed E-state index contributed by atoms with van der Waals surface area (Å²) in [6.45, 7) is 4.24. The molecule has 308 valence electrons. The van der Waals surface area contributed by atoms with Crippen molar-refractivity contribution in [2.45, 2.75) is 263 Å². The lowest BCUT2D eigenvalue weighted by molar-refractivity contribution is -0.131. The second kappa shape index (κ2) is 42.6. The van der Waals surface area contributed by atoms with E-state index in [0.29, 0.717) is 12.8 Å². The van der Waals surface area contributed by atoms with Gasteiger partial charge in [-0.2, -0.15) is 0 Å².